The van der Waals surface area contributed by atoms with Crippen molar-refractivity contribution in [3.8, 4) is 0 Å². The molecule has 0 aromatic heterocycles. The van der Waals surface area contributed by atoms with E-state index in [4.69, 9.17) is 5.11 Å². The second kappa shape index (κ2) is 7.35. The molecule has 0 spiro atoms. The molecular weight excluding hydrogens is 234 g/mol. The van der Waals surface area contributed by atoms with Crippen molar-refractivity contribution in [2.45, 2.75) is 31.2 Å². The van der Waals surface area contributed by atoms with E-state index in [-0.39, 0.29) is 18.6 Å². The molecule has 2 N–H and O–H groups in total. The molecule has 94 valence electrons. The lowest BCUT2D eigenvalue weighted by Gasteiger charge is -2.12. The van der Waals surface area contributed by atoms with Gasteiger partial charge in [-0.25, -0.2) is 0 Å². The van der Waals surface area contributed by atoms with E-state index in [9.17, 15) is 4.79 Å². The predicted octanol–water partition coefficient (Wildman–Crippen LogP) is 2.30. The Morgan fingerprint density at radius 2 is 2.06 bits per heavy atom. The van der Waals surface area contributed by atoms with Gasteiger partial charge in [-0.1, -0.05) is 6.92 Å². The number of rotatable bonds is 6. The van der Waals surface area contributed by atoms with Crippen molar-refractivity contribution in [2.24, 2.45) is 0 Å². The van der Waals surface area contributed by atoms with E-state index < -0.39 is 0 Å². The second-order valence-corrected chi connectivity index (χ2v) is 5.18. The van der Waals surface area contributed by atoms with Crippen LogP contribution in [0.2, 0.25) is 0 Å². The standard InChI is InChI=1S/C13H19NO2S/c1-3-17-12-6-4-11(5-7-12)13(16)14-10(2)8-9-15/h4-7,10,15H,3,8-9H2,1-2H3,(H,14,16). The SMILES string of the molecule is CCSc1ccc(C(=O)NC(C)CCO)cc1. The summed E-state index contributed by atoms with van der Waals surface area (Å²) in [6.07, 6.45) is 0.579. The molecule has 0 heterocycles. The minimum Gasteiger partial charge on any atom is -0.396 e. The summed E-state index contributed by atoms with van der Waals surface area (Å²) in [7, 11) is 0. The van der Waals surface area contributed by atoms with Crippen molar-refractivity contribution < 1.29 is 9.90 Å². The van der Waals surface area contributed by atoms with E-state index in [0.717, 1.165) is 5.75 Å². The predicted molar refractivity (Wildman–Crippen MR) is 71.5 cm³/mol. The van der Waals surface area contributed by atoms with Crippen LogP contribution in [0.4, 0.5) is 0 Å². The summed E-state index contributed by atoms with van der Waals surface area (Å²) in [5.41, 5.74) is 0.662. The van der Waals surface area contributed by atoms with E-state index in [1.807, 2.05) is 31.2 Å². The molecule has 0 saturated heterocycles. The quantitative estimate of drug-likeness (QED) is 0.765. The molecule has 0 saturated carbocycles. The molecule has 1 unspecified atom stereocenters. The van der Waals surface area contributed by atoms with Crippen molar-refractivity contribution in [3.05, 3.63) is 29.8 Å². The lowest BCUT2D eigenvalue weighted by Crippen LogP contribution is -2.33. The number of benzene rings is 1. The Morgan fingerprint density at radius 1 is 1.41 bits per heavy atom. The zero-order valence-electron chi connectivity index (χ0n) is 10.3. The summed E-state index contributed by atoms with van der Waals surface area (Å²) < 4.78 is 0. The lowest BCUT2D eigenvalue weighted by molar-refractivity contribution is 0.0934. The molecule has 0 aliphatic rings. The molecule has 1 amide bonds. The zero-order valence-corrected chi connectivity index (χ0v) is 11.1. The van der Waals surface area contributed by atoms with E-state index in [1.165, 1.54) is 4.90 Å². The van der Waals surface area contributed by atoms with Crippen molar-refractivity contribution in [3.63, 3.8) is 0 Å². The molecule has 17 heavy (non-hydrogen) atoms. The number of carbonyl (C=O) groups excluding carboxylic acids is 1. The molecule has 0 aliphatic carbocycles. The van der Waals surface area contributed by atoms with Crippen molar-refractivity contribution >= 4 is 17.7 Å². The van der Waals surface area contributed by atoms with Crippen molar-refractivity contribution in [1.29, 1.82) is 0 Å². The van der Waals surface area contributed by atoms with Crippen LogP contribution in [0.25, 0.3) is 0 Å². The Balaban J connectivity index is 2.57. The van der Waals surface area contributed by atoms with Crippen LogP contribution in [-0.4, -0.2) is 29.4 Å². The minimum absolute atomic E-state index is 0.00260. The highest BCUT2D eigenvalue weighted by molar-refractivity contribution is 7.99. The Morgan fingerprint density at radius 3 is 2.59 bits per heavy atom. The fourth-order valence-corrected chi connectivity index (χ4v) is 2.10. The summed E-state index contributed by atoms with van der Waals surface area (Å²) in [6.45, 7) is 4.07. The monoisotopic (exact) mass is 253 g/mol. The van der Waals surface area contributed by atoms with Crippen LogP contribution in [0.3, 0.4) is 0 Å². The maximum absolute atomic E-state index is 11.8. The molecule has 4 heteroatoms. The van der Waals surface area contributed by atoms with E-state index in [1.54, 1.807) is 11.8 Å². The molecule has 1 aromatic rings. The van der Waals surface area contributed by atoms with Crippen LogP contribution < -0.4 is 5.32 Å². The van der Waals surface area contributed by atoms with Gasteiger partial charge in [0, 0.05) is 23.1 Å². The van der Waals surface area contributed by atoms with Gasteiger partial charge in [-0.05, 0) is 43.4 Å². The maximum atomic E-state index is 11.8. The Kier molecular flexibility index (Phi) is 6.08. The van der Waals surface area contributed by atoms with Gasteiger partial charge in [0.15, 0.2) is 0 Å². The fourth-order valence-electron chi connectivity index (χ4n) is 1.44. The molecule has 0 bridgehead atoms. The van der Waals surface area contributed by atoms with Crippen LogP contribution in [0.1, 0.15) is 30.6 Å². The lowest BCUT2D eigenvalue weighted by atomic mass is 10.2. The molecule has 1 rings (SSSR count). The van der Waals surface area contributed by atoms with Gasteiger partial charge in [0.1, 0.15) is 0 Å². The van der Waals surface area contributed by atoms with Crippen molar-refractivity contribution in [2.75, 3.05) is 12.4 Å². The molecule has 0 radical (unpaired) electrons. The van der Waals surface area contributed by atoms with Crippen LogP contribution in [-0.2, 0) is 0 Å². The summed E-state index contributed by atoms with van der Waals surface area (Å²) >= 11 is 1.75. The van der Waals surface area contributed by atoms with Crippen molar-refractivity contribution in [1.82, 2.24) is 5.32 Å². The third-order valence-electron chi connectivity index (χ3n) is 2.37. The molecule has 0 fully saturated rings. The van der Waals surface area contributed by atoms with Gasteiger partial charge in [-0.15, -0.1) is 11.8 Å². The molecule has 0 aliphatic heterocycles. The van der Waals surface area contributed by atoms with Gasteiger partial charge in [0.25, 0.3) is 5.91 Å². The van der Waals surface area contributed by atoms with Gasteiger partial charge in [0.05, 0.1) is 0 Å². The summed E-state index contributed by atoms with van der Waals surface area (Å²) in [5.74, 6) is 0.943. The maximum Gasteiger partial charge on any atom is 0.251 e. The van der Waals surface area contributed by atoms with Gasteiger partial charge in [-0.2, -0.15) is 0 Å². The van der Waals surface area contributed by atoms with E-state index in [0.29, 0.717) is 12.0 Å². The summed E-state index contributed by atoms with van der Waals surface area (Å²) in [6, 6.07) is 7.58. The highest BCUT2D eigenvalue weighted by Crippen LogP contribution is 2.17. The largest absolute Gasteiger partial charge is 0.396 e. The van der Waals surface area contributed by atoms with Gasteiger partial charge in [0.2, 0.25) is 0 Å². The first-order valence-electron chi connectivity index (χ1n) is 5.82. The topological polar surface area (TPSA) is 49.3 Å². The smallest absolute Gasteiger partial charge is 0.251 e. The van der Waals surface area contributed by atoms with Crippen LogP contribution in [0.15, 0.2) is 29.2 Å². The average molecular weight is 253 g/mol. The van der Waals surface area contributed by atoms with Gasteiger partial charge >= 0.3 is 0 Å². The van der Waals surface area contributed by atoms with Crippen LogP contribution in [0, 0.1) is 0 Å². The number of aliphatic hydroxyl groups is 1. The first-order valence-corrected chi connectivity index (χ1v) is 6.80. The van der Waals surface area contributed by atoms with Gasteiger partial charge < -0.3 is 10.4 Å². The number of carbonyl (C=O) groups is 1. The fraction of sp³-hybridized carbons (Fsp3) is 0.462. The number of hydrogen-bond acceptors (Lipinski definition) is 3. The van der Waals surface area contributed by atoms with E-state index in [2.05, 4.69) is 12.2 Å². The van der Waals surface area contributed by atoms with Crippen LogP contribution >= 0.6 is 11.8 Å². The highest BCUT2D eigenvalue weighted by Gasteiger charge is 2.08. The van der Waals surface area contributed by atoms with Crippen LogP contribution in [0.5, 0.6) is 0 Å². The third-order valence-corrected chi connectivity index (χ3v) is 3.26. The first kappa shape index (κ1) is 14.1. The zero-order chi connectivity index (χ0) is 12.7. The Bertz CT molecular complexity index is 351. The first-order chi connectivity index (χ1) is 8.17. The molecular formula is C13H19NO2S. The average Bonchev–Trinajstić information content (AvgIpc) is 2.30. The third kappa shape index (κ3) is 4.79. The Hall–Kier alpha value is -1.00. The highest BCUT2D eigenvalue weighted by atomic mass is 32.2. The van der Waals surface area contributed by atoms with Gasteiger partial charge in [-0.3, -0.25) is 4.79 Å². The summed E-state index contributed by atoms with van der Waals surface area (Å²) in [4.78, 5) is 13.0. The number of thioether (sulfide) groups is 1. The number of aliphatic hydroxyl groups excluding tert-OH is 1. The number of amides is 1. The second-order valence-electron chi connectivity index (χ2n) is 3.84. The van der Waals surface area contributed by atoms with E-state index >= 15 is 0 Å². The normalized spacial score (nSPS) is 12.2. The molecule has 1 atom stereocenters. The molecule has 1 aromatic carbocycles. The Labute approximate surface area is 107 Å². The summed E-state index contributed by atoms with van der Waals surface area (Å²) in [5, 5.41) is 11.6. The number of nitrogens with one attached hydrogen (secondary N) is 1. The molecule has 3 nitrogen and oxygen atoms in total. The number of hydrogen-bond donors (Lipinski definition) is 2. The minimum atomic E-state index is -0.0843.